The van der Waals surface area contributed by atoms with Gasteiger partial charge in [-0.2, -0.15) is 5.10 Å². The minimum Gasteiger partial charge on any atom is -0.491 e. The first-order valence-corrected chi connectivity index (χ1v) is 8.25. The number of fused-ring (bicyclic) bond motifs is 1. The maximum atomic E-state index is 6.18. The lowest BCUT2D eigenvalue weighted by Gasteiger charge is -2.08. The summed E-state index contributed by atoms with van der Waals surface area (Å²) in [5.41, 5.74) is 10.9. The van der Waals surface area contributed by atoms with Crippen LogP contribution in [-0.4, -0.2) is 43.6 Å². The van der Waals surface area contributed by atoms with Crippen LogP contribution in [0.1, 0.15) is 5.69 Å². The minimum absolute atomic E-state index is 0.404. The van der Waals surface area contributed by atoms with Gasteiger partial charge in [0, 0.05) is 36.8 Å². The molecule has 0 saturated carbocycles. The van der Waals surface area contributed by atoms with Gasteiger partial charge in [0.1, 0.15) is 0 Å². The van der Waals surface area contributed by atoms with Crippen molar-refractivity contribution in [1.29, 1.82) is 0 Å². The van der Waals surface area contributed by atoms with Crippen molar-refractivity contribution in [2.75, 3.05) is 20.0 Å². The van der Waals surface area contributed by atoms with E-state index in [0.29, 0.717) is 23.1 Å². The molecule has 9 nitrogen and oxygen atoms in total. The Morgan fingerprint density at radius 3 is 2.63 bits per heavy atom. The molecule has 4 heterocycles. The highest BCUT2D eigenvalue weighted by Gasteiger charge is 2.19. The first kappa shape index (κ1) is 16.8. The van der Waals surface area contributed by atoms with E-state index in [4.69, 9.17) is 20.2 Å². The van der Waals surface area contributed by atoms with Crippen molar-refractivity contribution >= 4 is 11.5 Å². The average molecular weight is 365 g/mol. The zero-order chi connectivity index (χ0) is 19.1. The van der Waals surface area contributed by atoms with Crippen LogP contribution in [0.15, 0.2) is 30.7 Å². The van der Waals surface area contributed by atoms with E-state index in [9.17, 15) is 0 Å². The molecule has 0 spiro atoms. The summed E-state index contributed by atoms with van der Waals surface area (Å²) in [6.07, 6.45) is 5.42. The van der Waals surface area contributed by atoms with Crippen molar-refractivity contribution in [1.82, 2.24) is 29.4 Å². The molecule has 0 atom stereocenters. The molecule has 4 rings (SSSR count). The Bertz CT molecular complexity index is 1150. The van der Waals surface area contributed by atoms with Gasteiger partial charge in [-0.1, -0.05) is 0 Å². The standard InChI is InChI=1S/C18H19N7O2/c1-10-12(9-24(2)22-10)15-16(19)23-25-6-5-13(21-17(15)25)11-7-14(26-3)18(27-4)20-8-11/h5-9H,1-4H3,(H2,19,23). The molecule has 0 aliphatic rings. The Balaban J connectivity index is 1.90. The molecule has 4 aromatic heterocycles. The largest absolute Gasteiger partial charge is 0.491 e. The van der Waals surface area contributed by atoms with Crippen LogP contribution in [0.3, 0.4) is 0 Å². The maximum absolute atomic E-state index is 6.18. The van der Waals surface area contributed by atoms with Crippen molar-refractivity contribution in [3.63, 3.8) is 0 Å². The van der Waals surface area contributed by atoms with Gasteiger partial charge in [0.2, 0.25) is 0 Å². The Morgan fingerprint density at radius 1 is 1.15 bits per heavy atom. The fraction of sp³-hybridized carbons (Fsp3) is 0.222. The van der Waals surface area contributed by atoms with Crippen molar-refractivity contribution in [3.8, 4) is 34.0 Å². The molecule has 0 saturated heterocycles. The van der Waals surface area contributed by atoms with Crippen LogP contribution in [0, 0.1) is 6.92 Å². The molecule has 0 aromatic carbocycles. The lowest BCUT2D eigenvalue weighted by molar-refractivity contribution is 0.343. The van der Waals surface area contributed by atoms with Gasteiger partial charge in [0.25, 0.3) is 5.88 Å². The summed E-state index contributed by atoms with van der Waals surface area (Å²) >= 11 is 0. The predicted molar refractivity (Wildman–Crippen MR) is 101 cm³/mol. The van der Waals surface area contributed by atoms with E-state index in [-0.39, 0.29) is 0 Å². The monoisotopic (exact) mass is 365 g/mol. The molecule has 0 fully saturated rings. The number of nitrogens with two attached hydrogens (primary N) is 1. The van der Waals surface area contributed by atoms with Gasteiger partial charge in [-0.05, 0) is 19.1 Å². The second kappa shape index (κ2) is 6.27. The molecule has 0 radical (unpaired) electrons. The van der Waals surface area contributed by atoms with Crippen molar-refractivity contribution in [2.24, 2.45) is 7.05 Å². The number of aromatic nitrogens is 6. The van der Waals surface area contributed by atoms with E-state index in [2.05, 4.69) is 15.2 Å². The smallest absolute Gasteiger partial charge is 0.256 e. The second-order valence-corrected chi connectivity index (χ2v) is 6.08. The quantitative estimate of drug-likeness (QED) is 0.590. The highest BCUT2D eigenvalue weighted by atomic mass is 16.5. The molecule has 27 heavy (non-hydrogen) atoms. The Hall–Kier alpha value is -3.62. The highest BCUT2D eigenvalue weighted by molar-refractivity contribution is 5.87. The van der Waals surface area contributed by atoms with Gasteiger partial charge in [-0.15, -0.1) is 5.10 Å². The van der Waals surface area contributed by atoms with Crippen LogP contribution in [0.5, 0.6) is 11.6 Å². The molecule has 4 aromatic rings. The third-order valence-corrected chi connectivity index (χ3v) is 4.32. The van der Waals surface area contributed by atoms with Crippen molar-refractivity contribution in [3.05, 3.63) is 36.4 Å². The molecule has 0 amide bonds. The number of nitrogens with zero attached hydrogens (tertiary/aromatic N) is 6. The topological polar surface area (TPSA) is 105 Å². The fourth-order valence-electron chi connectivity index (χ4n) is 3.08. The van der Waals surface area contributed by atoms with Crippen LogP contribution >= 0.6 is 0 Å². The van der Waals surface area contributed by atoms with E-state index < -0.39 is 0 Å². The van der Waals surface area contributed by atoms with Gasteiger partial charge in [-0.3, -0.25) is 4.68 Å². The number of hydrogen-bond acceptors (Lipinski definition) is 7. The van der Waals surface area contributed by atoms with Gasteiger partial charge < -0.3 is 15.2 Å². The molecule has 2 N–H and O–H groups in total. The normalized spacial score (nSPS) is 11.1. The first-order valence-electron chi connectivity index (χ1n) is 8.25. The van der Waals surface area contributed by atoms with Gasteiger partial charge in [0.15, 0.2) is 17.2 Å². The van der Waals surface area contributed by atoms with Gasteiger partial charge >= 0.3 is 0 Å². The van der Waals surface area contributed by atoms with E-state index in [1.54, 1.807) is 29.6 Å². The van der Waals surface area contributed by atoms with Crippen LogP contribution in [0.4, 0.5) is 5.82 Å². The third-order valence-electron chi connectivity index (χ3n) is 4.32. The maximum Gasteiger partial charge on any atom is 0.256 e. The molecule has 9 heteroatoms. The number of methoxy groups -OCH3 is 2. The third kappa shape index (κ3) is 2.73. The fourth-order valence-corrected chi connectivity index (χ4v) is 3.08. The summed E-state index contributed by atoms with van der Waals surface area (Å²) in [6.45, 7) is 1.93. The Morgan fingerprint density at radius 2 is 1.96 bits per heavy atom. The van der Waals surface area contributed by atoms with Crippen molar-refractivity contribution < 1.29 is 9.47 Å². The summed E-state index contributed by atoms with van der Waals surface area (Å²) < 4.78 is 13.9. The lowest BCUT2D eigenvalue weighted by atomic mass is 10.1. The summed E-state index contributed by atoms with van der Waals surface area (Å²) in [7, 11) is 4.99. The van der Waals surface area contributed by atoms with E-state index in [1.807, 2.05) is 38.5 Å². The highest BCUT2D eigenvalue weighted by Crippen LogP contribution is 2.33. The van der Waals surface area contributed by atoms with Crippen LogP contribution < -0.4 is 15.2 Å². The second-order valence-electron chi connectivity index (χ2n) is 6.08. The lowest BCUT2D eigenvalue weighted by Crippen LogP contribution is -1.96. The molecular formula is C18H19N7O2. The van der Waals surface area contributed by atoms with E-state index in [0.717, 1.165) is 28.1 Å². The first-order chi connectivity index (χ1) is 13.0. The minimum atomic E-state index is 0.404. The Labute approximate surface area is 155 Å². The summed E-state index contributed by atoms with van der Waals surface area (Å²) in [5, 5.41) is 8.76. The van der Waals surface area contributed by atoms with E-state index in [1.165, 1.54) is 0 Å². The zero-order valence-electron chi connectivity index (χ0n) is 15.5. The molecule has 0 bridgehead atoms. The predicted octanol–water partition coefficient (Wildman–Crippen LogP) is 2.10. The molecular weight excluding hydrogens is 346 g/mol. The number of hydrogen-bond donors (Lipinski definition) is 1. The summed E-state index contributed by atoms with van der Waals surface area (Å²) in [4.78, 5) is 9.05. The number of nitrogen functional groups attached to an aromatic ring is 1. The Kier molecular flexibility index (Phi) is 3.91. The van der Waals surface area contributed by atoms with Crippen molar-refractivity contribution in [2.45, 2.75) is 6.92 Å². The molecule has 0 aliphatic carbocycles. The molecule has 0 aliphatic heterocycles. The van der Waals surface area contributed by atoms with E-state index >= 15 is 0 Å². The van der Waals surface area contributed by atoms with Crippen LogP contribution in [0.25, 0.3) is 28.0 Å². The number of anilines is 1. The number of rotatable bonds is 4. The molecule has 0 unspecified atom stereocenters. The summed E-state index contributed by atoms with van der Waals surface area (Å²) in [6, 6.07) is 3.68. The average Bonchev–Trinajstić information content (AvgIpc) is 3.17. The number of ether oxygens (including phenoxy) is 2. The SMILES string of the molecule is COc1cc(-c2ccn3nc(N)c(-c4cn(C)nc4C)c3n2)cnc1OC. The van der Waals surface area contributed by atoms with Gasteiger partial charge in [-0.25, -0.2) is 14.5 Å². The van der Waals surface area contributed by atoms with Gasteiger partial charge in [0.05, 0.1) is 31.2 Å². The number of pyridine rings is 1. The van der Waals surface area contributed by atoms with Crippen LogP contribution in [0.2, 0.25) is 0 Å². The summed E-state index contributed by atoms with van der Waals surface area (Å²) in [5.74, 6) is 1.36. The zero-order valence-corrected chi connectivity index (χ0v) is 15.5. The number of aryl methyl sites for hydroxylation is 2. The van der Waals surface area contributed by atoms with Crippen LogP contribution in [-0.2, 0) is 7.05 Å². The molecule has 138 valence electrons.